The largest absolute Gasteiger partial charge is 0.496 e. The number of ether oxygens (including phenoxy) is 1. The smallest absolute Gasteiger partial charge is 0.248 e. The Bertz CT molecular complexity index is 1340. The van der Waals surface area contributed by atoms with Crippen molar-refractivity contribution >= 4 is 62.0 Å². The van der Waals surface area contributed by atoms with Gasteiger partial charge in [0.15, 0.2) is 5.76 Å². The summed E-state index contributed by atoms with van der Waals surface area (Å²) in [6, 6.07) is 19.2. The molecule has 0 spiro atoms. The highest BCUT2D eigenvalue weighted by atomic mass is 79.9. The Hall–Kier alpha value is -3.35. The number of para-hydroxylation sites is 1. The predicted octanol–water partition coefficient (Wildman–Crippen LogP) is 6.74. The van der Waals surface area contributed by atoms with Gasteiger partial charge in [-0.3, -0.25) is 9.59 Å². The van der Waals surface area contributed by atoms with Gasteiger partial charge >= 0.3 is 0 Å². The molecule has 0 atom stereocenters. The Morgan fingerprint density at radius 2 is 1.81 bits per heavy atom. The second-order valence-corrected chi connectivity index (χ2v) is 8.15. The summed E-state index contributed by atoms with van der Waals surface area (Å²) in [7, 11) is 1.55. The molecule has 0 saturated heterocycles. The van der Waals surface area contributed by atoms with E-state index in [2.05, 4.69) is 21.2 Å². The summed E-state index contributed by atoms with van der Waals surface area (Å²) in [6.07, 6.45) is 3.05. The molecule has 1 heterocycles. The van der Waals surface area contributed by atoms with Crippen LogP contribution in [0.25, 0.3) is 17.0 Å². The maximum atomic E-state index is 13.2. The van der Waals surface area contributed by atoms with E-state index < -0.39 is 5.91 Å². The van der Waals surface area contributed by atoms with Gasteiger partial charge < -0.3 is 14.5 Å². The second-order valence-electron chi connectivity index (χ2n) is 6.85. The number of fused-ring (bicyclic) bond motifs is 1. The van der Waals surface area contributed by atoms with Crippen LogP contribution in [0.2, 0.25) is 5.02 Å². The fourth-order valence-electron chi connectivity index (χ4n) is 3.18. The van der Waals surface area contributed by atoms with Crippen LogP contribution in [0.5, 0.6) is 5.75 Å². The molecule has 1 amide bonds. The molecule has 4 rings (SSSR count). The van der Waals surface area contributed by atoms with Crippen LogP contribution in [0.3, 0.4) is 0 Å². The third-order valence-electron chi connectivity index (χ3n) is 4.76. The lowest BCUT2D eigenvalue weighted by molar-refractivity contribution is -0.111. The Kier molecular flexibility index (Phi) is 6.44. The van der Waals surface area contributed by atoms with Crippen molar-refractivity contribution in [2.75, 3.05) is 12.4 Å². The first-order valence-electron chi connectivity index (χ1n) is 9.60. The first-order chi connectivity index (χ1) is 15.5. The number of rotatable bonds is 6. The molecule has 1 aromatic heterocycles. The molecule has 160 valence electrons. The Labute approximate surface area is 197 Å². The lowest BCUT2D eigenvalue weighted by atomic mass is 10.1. The highest BCUT2D eigenvalue weighted by molar-refractivity contribution is 9.10. The van der Waals surface area contributed by atoms with Crippen LogP contribution in [0, 0.1) is 0 Å². The Morgan fingerprint density at radius 1 is 1.06 bits per heavy atom. The number of furan rings is 1. The highest BCUT2D eigenvalue weighted by Gasteiger charge is 2.23. The van der Waals surface area contributed by atoms with Gasteiger partial charge in [0.05, 0.1) is 17.3 Å². The van der Waals surface area contributed by atoms with Gasteiger partial charge in [-0.05, 0) is 70.0 Å². The molecule has 4 aromatic rings. The molecule has 5 nitrogen and oxygen atoms in total. The number of anilines is 1. The number of carbonyl (C=O) groups excluding carboxylic acids is 2. The van der Waals surface area contributed by atoms with Crippen molar-refractivity contribution in [3.63, 3.8) is 0 Å². The van der Waals surface area contributed by atoms with Gasteiger partial charge in [0, 0.05) is 22.0 Å². The molecule has 0 fully saturated rings. The minimum absolute atomic E-state index is 0.0523. The van der Waals surface area contributed by atoms with Crippen molar-refractivity contribution in [1.29, 1.82) is 0 Å². The molecule has 0 aliphatic heterocycles. The minimum atomic E-state index is -0.392. The zero-order chi connectivity index (χ0) is 22.7. The lowest BCUT2D eigenvalue weighted by Gasteiger charge is -2.06. The van der Waals surface area contributed by atoms with Crippen molar-refractivity contribution in [2.45, 2.75) is 0 Å². The number of carbonyl (C=O) groups is 2. The molecule has 0 aliphatic rings. The molecule has 0 unspecified atom stereocenters. The molecular weight excluding hydrogens is 494 g/mol. The van der Waals surface area contributed by atoms with Crippen molar-refractivity contribution in [2.24, 2.45) is 0 Å². The maximum Gasteiger partial charge on any atom is 0.248 e. The Morgan fingerprint density at radius 3 is 2.53 bits per heavy atom. The van der Waals surface area contributed by atoms with E-state index in [1.54, 1.807) is 73.8 Å². The molecule has 0 radical (unpaired) electrons. The molecule has 0 saturated carbocycles. The topological polar surface area (TPSA) is 68.5 Å². The molecule has 3 aromatic carbocycles. The van der Waals surface area contributed by atoms with Gasteiger partial charge in [-0.1, -0.05) is 35.9 Å². The third-order valence-corrected chi connectivity index (χ3v) is 5.63. The van der Waals surface area contributed by atoms with E-state index in [1.807, 2.05) is 6.07 Å². The number of benzene rings is 3. The summed E-state index contributed by atoms with van der Waals surface area (Å²) < 4.78 is 11.7. The minimum Gasteiger partial charge on any atom is -0.496 e. The van der Waals surface area contributed by atoms with Gasteiger partial charge in [-0.2, -0.15) is 0 Å². The number of hydrogen-bond acceptors (Lipinski definition) is 4. The van der Waals surface area contributed by atoms with Crippen LogP contribution in [0.1, 0.15) is 21.7 Å². The van der Waals surface area contributed by atoms with Crippen LogP contribution in [-0.4, -0.2) is 18.8 Å². The lowest BCUT2D eigenvalue weighted by Crippen LogP contribution is -2.11. The number of nitrogens with one attached hydrogen (secondary N) is 1. The number of ketones is 1. The van der Waals surface area contributed by atoms with E-state index in [0.717, 1.165) is 5.56 Å². The van der Waals surface area contributed by atoms with E-state index in [9.17, 15) is 9.59 Å². The quantitative estimate of drug-likeness (QED) is 0.230. The summed E-state index contributed by atoms with van der Waals surface area (Å²) in [6.45, 7) is 0. The van der Waals surface area contributed by atoms with Crippen molar-refractivity contribution in [3.05, 3.63) is 99.2 Å². The second kappa shape index (κ2) is 9.42. The highest BCUT2D eigenvalue weighted by Crippen LogP contribution is 2.34. The molecule has 1 N–H and O–H groups in total. The van der Waals surface area contributed by atoms with Gasteiger partial charge in [0.1, 0.15) is 11.3 Å². The normalized spacial score (nSPS) is 11.1. The Balaban J connectivity index is 1.67. The standard InChI is InChI=1S/C25H17BrClNO4/c1-31-21-12-9-16(14-19(21)26)24(30)25-23(18-4-2-3-5-20(18)32-25)28-22(29)13-8-15-6-10-17(27)11-7-15/h2-14H,1H3,(H,28,29)/b13-8+. The number of hydrogen-bond donors (Lipinski definition) is 1. The third kappa shape index (κ3) is 4.61. The molecule has 0 aliphatic carbocycles. The maximum absolute atomic E-state index is 13.2. The summed E-state index contributed by atoms with van der Waals surface area (Å²) in [5, 5.41) is 4.05. The van der Waals surface area contributed by atoms with E-state index in [-0.39, 0.29) is 11.5 Å². The van der Waals surface area contributed by atoms with Crippen LogP contribution < -0.4 is 10.1 Å². The van der Waals surface area contributed by atoms with Crippen LogP contribution in [-0.2, 0) is 4.79 Å². The van der Waals surface area contributed by atoms with Crippen molar-refractivity contribution in [1.82, 2.24) is 0 Å². The average molecular weight is 511 g/mol. The SMILES string of the molecule is COc1ccc(C(=O)c2oc3ccccc3c2NC(=O)/C=C/c2ccc(Cl)cc2)cc1Br. The average Bonchev–Trinajstić information content (AvgIpc) is 3.16. The van der Waals surface area contributed by atoms with Gasteiger partial charge in [0.2, 0.25) is 11.7 Å². The zero-order valence-electron chi connectivity index (χ0n) is 16.9. The van der Waals surface area contributed by atoms with E-state index >= 15 is 0 Å². The van der Waals surface area contributed by atoms with E-state index in [0.29, 0.717) is 37.5 Å². The summed E-state index contributed by atoms with van der Waals surface area (Å²) in [5.41, 5.74) is 2.04. The predicted molar refractivity (Wildman–Crippen MR) is 129 cm³/mol. The summed E-state index contributed by atoms with van der Waals surface area (Å²) in [5.74, 6) is -0.0958. The fourth-order valence-corrected chi connectivity index (χ4v) is 3.85. The van der Waals surface area contributed by atoms with Gasteiger partial charge in [-0.15, -0.1) is 0 Å². The van der Waals surface area contributed by atoms with Crippen LogP contribution in [0.4, 0.5) is 5.69 Å². The van der Waals surface area contributed by atoms with Crippen molar-refractivity contribution < 1.29 is 18.7 Å². The van der Waals surface area contributed by atoms with Crippen LogP contribution >= 0.6 is 27.5 Å². The monoisotopic (exact) mass is 509 g/mol. The van der Waals surface area contributed by atoms with E-state index in [4.69, 9.17) is 20.8 Å². The van der Waals surface area contributed by atoms with Gasteiger partial charge in [-0.25, -0.2) is 0 Å². The van der Waals surface area contributed by atoms with Gasteiger partial charge in [0.25, 0.3) is 0 Å². The number of halogens is 2. The van der Waals surface area contributed by atoms with E-state index in [1.165, 1.54) is 6.08 Å². The fraction of sp³-hybridized carbons (Fsp3) is 0.0400. The number of methoxy groups -OCH3 is 1. The molecule has 32 heavy (non-hydrogen) atoms. The summed E-state index contributed by atoms with van der Waals surface area (Å²) in [4.78, 5) is 25.9. The molecule has 7 heteroatoms. The summed E-state index contributed by atoms with van der Waals surface area (Å²) >= 11 is 9.29. The van der Waals surface area contributed by atoms with Crippen molar-refractivity contribution in [3.8, 4) is 5.75 Å². The first-order valence-corrected chi connectivity index (χ1v) is 10.8. The zero-order valence-corrected chi connectivity index (χ0v) is 19.2. The molecular formula is C25H17BrClNO4. The van der Waals surface area contributed by atoms with Crippen LogP contribution in [0.15, 0.2) is 81.7 Å². The first kappa shape index (κ1) is 21.9. The molecule has 0 bridgehead atoms. The number of amides is 1.